The number of hydrogen-bond donors (Lipinski definition) is 3. The van der Waals surface area contributed by atoms with Crippen LogP contribution >= 0.6 is 0 Å². The first-order valence-electron chi connectivity index (χ1n) is 11.4. The van der Waals surface area contributed by atoms with Crippen molar-refractivity contribution in [1.82, 2.24) is 4.90 Å². The molecule has 4 rings (SSSR count). The average molecular weight is 446 g/mol. The number of aliphatic hydroxyl groups excluding tert-OH is 1. The zero-order chi connectivity index (χ0) is 23.0. The summed E-state index contributed by atoms with van der Waals surface area (Å²) in [4.78, 5) is 14.7. The van der Waals surface area contributed by atoms with E-state index < -0.39 is 0 Å². The number of hydrogen-bond acceptors (Lipinski definition) is 5. The molecule has 0 aliphatic carbocycles. The molecule has 1 heterocycles. The van der Waals surface area contributed by atoms with Crippen LogP contribution in [0, 0.1) is 6.92 Å². The van der Waals surface area contributed by atoms with E-state index in [2.05, 4.69) is 21.6 Å². The van der Waals surface area contributed by atoms with E-state index >= 15 is 0 Å². The largest absolute Gasteiger partial charge is 0.457 e. The zero-order valence-corrected chi connectivity index (χ0v) is 19.0. The summed E-state index contributed by atoms with van der Waals surface area (Å²) >= 11 is 0. The summed E-state index contributed by atoms with van der Waals surface area (Å²) in [5, 5.41) is 16.2. The Bertz CT molecular complexity index is 1050. The van der Waals surface area contributed by atoms with E-state index in [9.17, 15) is 9.90 Å². The number of anilines is 2. The molecule has 6 nitrogen and oxygen atoms in total. The van der Waals surface area contributed by atoms with Gasteiger partial charge in [-0.15, -0.1) is 0 Å². The fourth-order valence-corrected chi connectivity index (χ4v) is 4.08. The van der Waals surface area contributed by atoms with Crippen molar-refractivity contribution in [3.63, 3.8) is 0 Å². The Morgan fingerprint density at radius 1 is 1.00 bits per heavy atom. The van der Waals surface area contributed by atoms with Crippen molar-refractivity contribution < 1.29 is 14.6 Å². The van der Waals surface area contributed by atoms with E-state index in [0.29, 0.717) is 12.6 Å². The number of nitrogens with zero attached hydrogens (tertiary/aromatic N) is 1. The summed E-state index contributed by atoms with van der Waals surface area (Å²) in [5.74, 6) is 1.49. The van der Waals surface area contributed by atoms with Crippen LogP contribution in [0.3, 0.4) is 0 Å². The second-order valence-electron chi connectivity index (χ2n) is 8.50. The maximum absolute atomic E-state index is 12.5. The first kappa shape index (κ1) is 22.8. The van der Waals surface area contributed by atoms with Crippen LogP contribution < -0.4 is 15.4 Å². The van der Waals surface area contributed by atoms with Crippen LogP contribution in [0.15, 0.2) is 72.8 Å². The molecule has 1 saturated heterocycles. The summed E-state index contributed by atoms with van der Waals surface area (Å²) in [6.45, 7) is 4.15. The van der Waals surface area contributed by atoms with Gasteiger partial charge in [-0.25, -0.2) is 0 Å². The summed E-state index contributed by atoms with van der Waals surface area (Å²) in [7, 11) is 0. The molecule has 0 spiro atoms. The predicted molar refractivity (Wildman–Crippen MR) is 132 cm³/mol. The van der Waals surface area contributed by atoms with E-state index in [1.807, 2.05) is 73.7 Å². The maximum atomic E-state index is 12.5. The number of likely N-dealkylation sites (tertiary alicyclic amines) is 1. The van der Waals surface area contributed by atoms with Gasteiger partial charge >= 0.3 is 0 Å². The van der Waals surface area contributed by atoms with Crippen molar-refractivity contribution in [2.75, 3.05) is 30.3 Å². The zero-order valence-electron chi connectivity index (χ0n) is 19.0. The highest BCUT2D eigenvalue weighted by Crippen LogP contribution is 2.24. The highest BCUT2D eigenvalue weighted by atomic mass is 16.5. The van der Waals surface area contributed by atoms with Crippen molar-refractivity contribution in [1.29, 1.82) is 0 Å². The number of carbonyl (C=O) groups excluding carboxylic acids is 1. The van der Waals surface area contributed by atoms with Crippen LogP contribution in [0.25, 0.3) is 0 Å². The Morgan fingerprint density at radius 2 is 1.70 bits per heavy atom. The number of piperidine rings is 1. The number of carbonyl (C=O) groups is 1. The van der Waals surface area contributed by atoms with Gasteiger partial charge in [-0.05, 0) is 62.2 Å². The molecule has 0 radical (unpaired) electrons. The number of amides is 1. The minimum atomic E-state index is -0.0146. The van der Waals surface area contributed by atoms with E-state index in [1.54, 1.807) is 0 Å². The van der Waals surface area contributed by atoms with Crippen molar-refractivity contribution in [3.8, 4) is 11.5 Å². The number of ether oxygens (including phenoxy) is 1. The number of rotatable bonds is 8. The molecule has 1 amide bonds. The molecular formula is C27H31N3O3. The number of para-hydroxylation sites is 1. The average Bonchev–Trinajstić information content (AvgIpc) is 2.83. The number of aryl methyl sites for hydroxylation is 1. The summed E-state index contributed by atoms with van der Waals surface area (Å²) < 4.78 is 5.79. The van der Waals surface area contributed by atoms with Gasteiger partial charge in [-0.2, -0.15) is 0 Å². The van der Waals surface area contributed by atoms with Gasteiger partial charge in [0.25, 0.3) is 0 Å². The standard InChI is InChI=1S/C27H31N3O3/c1-20-7-12-26(21(17-20)19-31)28-23-13-15-30(16-14-23)18-27(32)29-22-8-10-25(11-9-22)33-24-5-3-2-4-6-24/h2-12,17,23,28,31H,13-16,18-19H2,1H3,(H,29,32). The molecule has 3 aromatic rings. The Kier molecular flexibility index (Phi) is 7.60. The molecule has 0 aromatic heterocycles. The van der Waals surface area contributed by atoms with E-state index in [4.69, 9.17) is 4.74 Å². The molecule has 1 aliphatic rings. The number of benzene rings is 3. The Morgan fingerprint density at radius 3 is 2.39 bits per heavy atom. The van der Waals surface area contributed by atoms with Gasteiger partial charge in [0, 0.05) is 36.1 Å². The SMILES string of the molecule is Cc1ccc(NC2CCN(CC(=O)Nc3ccc(Oc4ccccc4)cc3)CC2)c(CO)c1. The van der Waals surface area contributed by atoms with Gasteiger partial charge in [-0.1, -0.05) is 35.9 Å². The first-order valence-corrected chi connectivity index (χ1v) is 11.4. The molecule has 3 aromatic carbocycles. The third-order valence-corrected chi connectivity index (χ3v) is 5.86. The Labute approximate surface area is 195 Å². The molecule has 0 bridgehead atoms. The predicted octanol–water partition coefficient (Wildman–Crippen LogP) is 4.79. The third kappa shape index (κ3) is 6.57. The number of nitrogens with one attached hydrogen (secondary N) is 2. The van der Waals surface area contributed by atoms with Gasteiger partial charge in [0.2, 0.25) is 5.91 Å². The molecule has 172 valence electrons. The Hall–Kier alpha value is -3.35. The van der Waals surface area contributed by atoms with Gasteiger partial charge in [0.15, 0.2) is 0 Å². The lowest BCUT2D eigenvalue weighted by Gasteiger charge is -2.32. The summed E-state index contributed by atoms with van der Waals surface area (Å²) in [6, 6.07) is 23.5. The molecule has 0 saturated carbocycles. The van der Waals surface area contributed by atoms with Crippen molar-refractivity contribution in [2.45, 2.75) is 32.4 Å². The first-order chi connectivity index (χ1) is 16.1. The topological polar surface area (TPSA) is 73.8 Å². The lowest BCUT2D eigenvalue weighted by atomic mass is 10.0. The molecule has 0 unspecified atom stereocenters. The normalized spacial score (nSPS) is 14.6. The van der Waals surface area contributed by atoms with Crippen LogP contribution in [0.4, 0.5) is 11.4 Å². The molecule has 33 heavy (non-hydrogen) atoms. The van der Waals surface area contributed by atoms with E-state index in [-0.39, 0.29) is 12.5 Å². The van der Waals surface area contributed by atoms with Crippen LogP contribution in [0.2, 0.25) is 0 Å². The number of aliphatic hydroxyl groups is 1. The minimum Gasteiger partial charge on any atom is -0.457 e. The van der Waals surface area contributed by atoms with Crippen LogP contribution in [-0.4, -0.2) is 41.6 Å². The fraction of sp³-hybridized carbons (Fsp3) is 0.296. The molecule has 1 fully saturated rings. The lowest BCUT2D eigenvalue weighted by Crippen LogP contribution is -2.42. The maximum Gasteiger partial charge on any atom is 0.238 e. The molecule has 3 N–H and O–H groups in total. The molecule has 1 aliphatic heterocycles. The third-order valence-electron chi connectivity index (χ3n) is 5.86. The Balaban J connectivity index is 1.22. The second kappa shape index (κ2) is 11.0. The fourth-order valence-electron chi connectivity index (χ4n) is 4.08. The second-order valence-corrected chi connectivity index (χ2v) is 8.50. The van der Waals surface area contributed by atoms with Crippen molar-refractivity contribution in [3.05, 3.63) is 83.9 Å². The van der Waals surface area contributed by atoms with E-state index in [1.165, 1.54) is 0 Å². The minimum absolute atomic E-state index is 0.0146. The van der Waals surface area contributed by atoms with Crippen LogP contribution in [0.5, 0.6) is 11.5 Å². The smallest absolute Gasteiger partial charge is 0.238 e. The molecule has 6 heteroatoms. The molecule has 0 atom stereocenters. The van der Waals surface area contributed by atoms with E-state index in [0.717, 1.165) is 59.9 Å². The van der Waals surface area contributed by atoms with Gasteiger partial charge in [-0.3, -0.25) is 9.69 Å². The van der Waals surface area contributed by atoms with Gasteiger partial charge in [0.1, 0.15) is 11.5 Å². The molecular weight excluding hydrogens is 414 g/mol. The van der Waals surface area contributed by atoms with Crippen LogP contribution in [0.1, 0.15) is 24.0 Å². The summed E-state index contributed by atoms with van der Waals surface area (Å²) in [6.07, 6.45) is 1.91. The monoisotopic (exact) mass is 445 g/mol. The van der Waals surface area contributed by atoms with Crippen molar-refractivity contribution in [2.24, 2.45) is 0 Å². The van der Waals surface area contributed by atoms with Crippen molar-refractivity contribution >= 4 is 17.3 Å². The quantitative estimate of drug-likeness (QED) is 0.465. The highest BCUT2D eigenvalue weighted by molar-refractivity contribution is 5.92. The lowest BCUT2D eigenvalue weighted by molar-refractivity contribution is -0.117. The highest BCUT2D eigenvalue weighted by Gasteiger charge is 2.21. The van der Waals surface area contributed by atoms with Crippen LogP contribution in [-0.2, 0) is 11.4 Å². The van der Waals surface area contributed by atoms with Gasteiger partial charge in [0.05, 0.1) is 13.2 Å². The van der Waals surface area contributed by atoms with Gasteiger partial charge < -0.3 is 20.5 Å². The summed E-state index contributed by atoms with van der Waals surface area (Å²) in [5.41, 5.74) is 3.83.